The summed E-state index contributed by atoms with van der Waals surface area (Å²) in [6, 6.07) is 0. The van der Waals surface area contributed by atoms with Gasteiger partial charge in [-0.15, -0.1) is 0 Å². The monoisotopic (exact) mass is 138 g/mol. The Morgan fingerprint density at radius 1 is 1.40 bits per heavy atom. The molecular weight excluding hydrogens is 124 g/mol. The van der Waals surface area contributed by atoms with Crippen LogP contribution in [0, 0.1) is 0 Å². The molecule has 0 fully saturated rings. The highest BCUT2D eigenvalue weighted by Crippen LogP contribution is 2.05. The van der Waals surface area contributed by atoms with Crippen molar-refractivity contribution in [2.24, 2.45) is 0 Å². The maximum Gasteiger partial charge on any atom is 0.146 e. The van der Waals surface area contributed by atoms with Crippen LogP contribution in [0.1, 0.15) is 27.2 Å². The molecule has 0 unspecified atom stereocenters. The minimum absolute atomic E-state index is 0.766. The van der Waals surface area contributed by atoms with Crippen molar-refractivity contribution < 1.29 is 4.79 Å². The Bertz CT molecular complexity index is 160. The highest BCUT2D eigenvalue weighted by Gasteiger charge is 1.92. The Hall–Kier alpha value is -0.850. The summed E-state index contributed by atoms with van der Waals surface area (Å²) >= 11 is 0. The average molecular weight is 138 g/mol. The smallest absolute Gasteiger partial charge is 0.146 e. The van der Waals surface area contributed by atoms with Crippen LogP contribution < -0.4 is 0 Å². The van der Waals surface area contributed by atoms with Gasteiger partial charge in [0.25, 0.3) is 0 Å². The number of allylic oxidation sites excluding steroid dienone is 4. The lowest BCUT2D eigenvalue weighted by Gasteiger charge is -1.95. The molecule has 0 rings (SSSR count). The van der Waals surface area contributed by atoms with Crippen molar-refractivity contribution in [3.8, 4) is 0 Å². The van der Waals surface area contributed by atoms with E-state index in [1.807, 2.05) is 32.9 Å². The van der Waals surface area contributed by atoms with Crippen molar-refractivity contribution in [2.75, 3.05) is 0 Å². The highest BCUT2D eigenvalue weighted by atomic mass is 16.1. The number of carbonyl (C=O) groups excluding carboxylic acids is 1. The van der Waals surface area contributed by atoms with Gasteiger partial charge in [-0.05, 0) is 32.8 Å². The Labute approximate surface area is 62.4 Å². The van der Waals surface area contributed by atoms with Crippen molar-refractivity contribution in [3.63, 3.8) is 0 Å². The lowest BCUT2D eigenvalue weighted by molar-refractivity contribution is -0.105. The molecule has 0 saturated heterocycles. The lowest BCUT2D eigenvalue weighted by atomic mass is 10.1. The molecule has 0 atom stereocenters. The van der Waals surface area contributed by atoms with Crippen molar-refractivity contribution in [3.05, 3.63) is 23.3 Å². The Morgan fingerprint density at radius 3 is 2.30 bits per heavy atom. The number of hydrogen-bond acceptors (Lipinski definition) is 1. The van der Waals surface area contributed by atoms with Crippen LogP contribution in [0.15, 0.2) is 23.3 Å². The van der Waals surface area contributed by atoms with Crippen molar-refractivity contribution >= 4 is 6.29 Å². The first-order valence-corrected chi connectivity index (χ1v) is 3.45. The van der Waals surface area contributed by atoms with E-state index in [1.165, 1.54) is 0 Å². The zero-order valence-corrected chi connectivity index (χ0v) is 6.85. The van der Waals surface area contributed by atoms with E-state index in [4.69, 9.17) is 0 Å². The van der Waals surface area contributed by atoms with E-state index < -0.39 is 0 Å². The molecule has 1 heteroatoms. The second kappa shape index (κ2) is 4.98. The maximum absolute atomic E-state index is 10.4. The molecule has 0 aliphatic heterocycles. The molecule has 0 N–H and O–H groups in total. The first-order chi connectivity index (χ1) is 4.72. The third-order valence-corrected chi connectivity index (χ3v) is 1.36. The average Bonchev–Trinajstić information content (AvgIpc) is 1.89. The normalized spacial score (nSPS) is 9.90. The van der Waals surface area contributed by atoms with Gasteiger partial charge >= 0.3 is 0 Å². The zero-order chi connectivity index (χ0) is 7.98. The first kappa shape index (κ1) is 9.15. The summed E-state index contributed by atoms with van der Waals surface area (Å²) in [6.07, 6.45) is 5.63. The molecule has 0 amide bonds. The van der Waals surface area contributed by atoms with Gasteiger partial charge in [-0.2, -0.15) is 0 Å². The molecule has 56 valence electrons. The van der Waals surface area contributed by atoms with E-state index in [1.54, 1.807) is 0 Å². The van der Waals surface area contributed by atoms with E-state index in [2.05, 4.69) is 0 Å². The molecule has 0 radical (unpaired) electrons. The molecule has 0 aromatic rings. The van der Waals surface area contributed by atoms with Gasteiger partial charge < -0.3 is 0 Å². The van der Waals surface area contributed by atoms with Gasteiger partial charge in [-0.3, -0.25) is 4.79 Å². The molecule has 0 saturated carbocycles. The van der Waals surface area contributed by atoms with Crippen molar-refractivity contribution in [1.82, 2.24) is 0 Å². The minimum Gasteiger partial charge on any atom is -0.298 e. The molecule has 0 spiro atoms. The van der Waals surface area contributed by atoms with E-state index in [0.29, 0.717) is 0 Å². The molecular formula is C9H14O. The Balaban J connectivity index is 4.10. The maximum atomic E-state index is 10.4. The summed E-state index contributed by atoms with van der Waals surface area (Å²) in [5.41, 5.74) is 1.99. The van der Waals surface area contributed by atoms with Crippen molar-refractivity contribution in [2.45, 2.75) is 27.2 Å². The van der Waals surface area contributed by atoms with Crippen LogP contribution in [0.2, 0.25) is 0 Å². The minimum atomic E-state index is 0.766. The van der Waals surface area contributed by atoms with Gasteiger partial charge in [-0.25, -0.2) is 0 Å². The summed E-state index contributed by atoms with van der Waals surface area (Å²) < 4.78 is 0. The summed E-state index contributed by atoms with van der Waals surface area (Å²) in [6.45, 7) is 5.86. The fourth-order valence-corrected chi connectivity index (χ4v) is 0.615. The quantitative estimate of drug-likeness (QED) is 0.332. The van der Waals surface area contributed by atoms with Crippen LogP contribution in [0.5, 0.6) is 0 Å². The van der Waals surface area contributed by atoms with E-state index >= 15 is 0 Å². The van der Waals surface area contributed by atoms with Crippen LogP contribution in [0.25, 0.3) is 0 Å². The predicted octanol–water partition coefficient (Wildman–Crippen LogP) is 2.49. The first-order valence-electron chi connectivity index (χ1n) is 3.45. The lowest BCUT2D eigenvalue weighted by Crippen LogP contribution is -1.85. The largest absolute Gasteiger partial charge is 0.298 e. The van der Waals surface area contributed by atoms with E-state index in [0.717, 1.165) is 23.9 Å². The summed E-state index contributed by atoms with van der Waals surface area (Å²) in [4.78, 5) is 10.4. The van der Waals surface area contributed by atoms with Crippen LogP contribution >= 0.6 is 0 Å². The third-order valence-electron chi connectivity index (χ3n) is 1.36. The molecule has 10 heavy (non-hydrogen) atoms. The Morgan fingerprint density at radius 2 is 2.00 bits per heavy atom. The molecule has 1 nitrogen and oxygen atoms in total. The number of hydrogen-bond donors (Lipinski definition) is 0. The van der Waals surface area contributed by atoms with Gasteiger partial charge in [-0.1, -0.05) is 17.7 Å². The summed E-state index contributed by atoms with van der Waals surface area (Å²) in [7, 11) is 0. The van der Waals surface area contributed by atoms with Crippen LogP contribution in [0.3, 0.4) is 0 Å². The van der Waals surface area contributed by atoms with Gasteiger partial charge in [0.2, 0.25) is 0 Å². The van der Waals surface area contributed by atoms with Gasteiger partial charge in [0.1, 0.15) is 6.29 Å². The summed E-state index contributed by atoms with van der Waals surface area (Å²) in [5.74, 6) is 0. The molecule has 0 aromatic heterocycles. The topological polar surface area (TPSA) is 17.1 Å². The molecule has 0 aliphatic rings. The van der Waals surface area contributed by atoms with E-state index in [-0.39, 0.29) is 0 Å². The second-order valence-corrected chi connectivity index (χ2v) is 2.42. The van der Waals surface area contributed by atoms with Crippen LogP contribution in [-0.4, -0.2) is 6.29 Å². The molecule has 0 bridgehead atoms. The summed E-state index contributed by atoms with van der Waals surface area (Å²) in [5, 5.41) is 0. The second-order valence-electron chi connectivity index (χ2n) is 2.42. The number of aldehydes is 1. The molecule has 0 aliphatic carbocycles. The van der Waals surface area contributed by atoms with Crippen LogP contribution in [-0.2, 0) is 4.79 Å². The van der Waals surface area contributed by atoms with Gasteiger partial charge in [0.15, 0.2) is 0 Å². The number of carbonyl (C=O) groups is 1. The zero-order valence-electron chi connectivity index (χ0n) is 6.85. The molecule has 0 aromatic carbocycles. The number of rotatable bonds is 3. The van der Waals surface area contributed by atoms with Gasteiger partial charge in [0.05, 0.1) is 0 Å². The van der Waals surface area contributed by atoms with Crippen molar-refractivity contribution in [1.29, 1.82) is 0 Å². The van der Waals surface area contributed by atoms with Crippen LogP contribution in [0.4, 0.5) is 0 Å². The third kappa shape index (κ3) is 3.23. The molecule has 0 heterocycles. The fraction of sp³-hybridized carbons (Fsp3) is 0.444. The Kier molecular flexibility index (Phi) is 4.55. The van der Waals surface area contributed by atoms with Gasteiger partial charge in [0, 0.05) is 0 Å². The predicted molar refractivity (Wildman–Crippen MR) is 43.9 cm³/mol. The van der Waals surface area contributed by atoms with E-state index in [9.17, 15) is 4.79 Å². The SMILES string of the molecule is C/C=C/CC(C=O)=C(C)C. The fourth-order valence-electron chi connectivity index (χ4n) is 0.615. The standard InChI is InChI=1S/C9H14O/c1-4-5-6-9(7-10)8(2)3/h4-5,7H,6H2,1-3H3/b5-4+. The highest BCUT2D eigenvalue weighted by molar-refractivity contribution is 5.74.